The second kappa shape index (κ2) is 7.04. The molecule has 0 heterocycles. The van der Waals surface area contributed by atoms with Crippen LogP contribution in [0.25, 0.3) is 0 Å². The fraction of sp³-hybridized carbons (Fsp3) is 0.176. The number of carbonyl (C=O) groups is 1. The highest BCUT2D eigenvalue weighted by molar-refractivity contribution is 5.94. The minimum atomic E-state index is -4.43. The maximum absolute atomic E-state index is 12.5. The monoisotopic (exact) mass is 334 g/mol. The van der Waals surface area contributed by atoms with Crippen LogP contribution < -0.4 is 10.1 Å². The largest absolute Gasteiger partial charge is 0.481 e. The molecule has 1 N–H and O–H groups in total. The predicted molar refractivity (Wildman–Crippen MR) is 81.3 cm³/mol. The van der Waals surface area contributed by atoms with E-state index in [1.54, 1.807) is 18.2 Å². The number of ether oxygens (including phenoxy) is 1. The van der Waals surface area contributed by atoms with Gasteiger partial charge in [0.25, 0.3) is 5.91 Å². The fourth-order valence-electron chi connectivity index (χ4n) is 1.88. The second-order valence-electron chi connectivity index (χ2n) is 4.96. The van der Waals surface area contributed by atoms with Crippen LogP contribution >= 0.6 is 0 Å². The number of hydrogen-bond donors (Lipinski definition) is 1. The lowest BCUT2D eigenvalue weighted by Gasteiger charge is -2.15. The van der Waals surface area contributed by atoms with E-state index in [1.165, 1.54) is 25.1 Å². The van der Waals surface area contributed by atoms with Gasteiger partial charge in [-0.05, 0) is 49.4 Å². The second-order valence-corrected chi connectivity index (χ2v) is 4.96. The molecule has 4 nitrogen and oxygen atoms in total. The van der Waals surface area contributed by atoms with Gasteiger partial charge in [0, 0.05) is 5.69 Å². The summed E-state index contributed by atoms with van der Waals surface area (Å²) in [5.74, 6) is -0.166. The molecule has 0 aliphatic carbocycles. The van der Waals surface area contributed by atoms with E-state index in [4.69, 9.17) is 10.00 Å². The Kier molecular flexibility index (Phi) is 5.09. The van der Waals surface area contributed by atoms with Crippen LogP contribution in [0.3, 0.4) is 0 Å². The van der Waals surface area contributed by atoms with Crippen molar-refractivity contribution in [3.8, 4) is 11.8 Å². The van der Waals surface area contributed by atoms with Crippen molar-refractivity contribution in [1.29, 1.82) is 5.26 Å². The van der Waals surface area contributed by atoms with E-state index in [9.17, 15) is 18.0 Å². The Morgan fingerprint density at radius 3 is 2.46 bits per heavy atom. The molecule has 0 spiro atoms. The van der Waals surface area contributed by atoms with E-state index >= 15 is 0 Å². The molecule has 0 saturated carbocycles. The zero-order chi connectivity index (χ0) is 17.7. The average Bonchev–Trinajstić information content (AvgIpc) is 2.54. The molecule has 0 aliphatic rings. The van der Waals surface area contributed by atoms with Crippen LogP contribution in [0.1, 0.15) is 18.1 Å². The topological polar surface area (TPSA) is 62.1 Å². The van der Waals surface area contributed by atoms with Gasteiger partial charge in [-0.3, -0.25) is 4.79 Å². The van der Waals surface area contributed by atoms with Crippen molar-refractivity contribution in [1.82, 2.24) is 0 Å². The number of halogens is 3. The number of nitrogens with zero attached hydrogens (tertiary/aromatic N) is 1. The number of rotatable bonds is 4. The van der Waals surface area contributed by atoms with Gasteiger partial charge in [-0.25, -0.2) is 0 Å². The van der Waals surface area contributed by atoms with Gasteiger partial charge in [0.05, 0.1) is 17.2 Å². The molecule has 0 aliphatic heterocycles. The number of benzene rings is 2. The van der Waals surface area contributed by atoms with Crippen LogP contribution in [-0.2, 0) is 11.0 Å². The van der Waals surface area contributed by atoms with Crippen LogP contribution in [0.5, 0.6) is 5.75 Å². The first-order valence-electron chi connectivity index (χ1n) is 6.94. The third kappa shape index (κ3) is 4.49. The molecule has 0 saturated heterocycles. The molecule has 2 rings (SSSR count). The van der Waals surface area contributed by atoms with Crippen molar-refractivity contribution >= 4 is 11.6 Å². The first-order chi connectivity index (χ1) is 11.3. The van der Waals surface area contributed by atoms with Gasteiger partial charge < -0.3 is 10.1 Å². The smallest absolute Gasteiger partial charge is 0.416 e. The number of carbonyl (C=O) groups excluding carboxylic acids is 1. The van der Waals surface area contributed by atoms with Crippen molar-refractivity contribution in [2.75, 3.05) is 5.32 Å². The third-order valence-corrected chi connectivity index (χ3v) is 3.12. The van der Waals surface area contributed by atoms with E-state index in [0.29, 0.717) is 11.3 Å². The minimum absolute atomic E-state index is 0.231. The molecular weight excluding hydrogens is 321 g/mol. The minimum Gasteiger partial charge on any atom is -0.481 e. The van der Waals surface area contributed by atoms with Gasteiger partial charge >= 0.3 is 6.18 Å². The van der Waals surface area contributed by atoms with E-state index in [2.05, 4.69) is 5.32 Å². The van der Waals surface area contributed by atoms with Crippen molar-refractivity contribution in [3.63, 3.8) is 0 Å². The molecule has 7 heteroatoms. The van der Waals surface area contributed by atoms with Gasteiger partial charge in [-0.1, -0.05) is 6.07 Å². The Morgan fingerprint density at radius 1 is 1.21 bits per heavy atom. The maximum Gasteiger partial charge on any atom is 0.416 e. The Bertz CT molecular complexity index is 765. The summed E-state index contributed by atoms with van der Waals surface area (Å²) in [6.07, 6.45) is -5.31. The van der Waals surface area contributed by atoms with E-state index in [-0.39, 0.29) is 5.69 Å². The zero-order valence-corrected chi connectivity index (χ0v) is 12.6. The number of hydrogen-bond acceptors (Lipinski definition) is 3. The lowest BCUT2D eigenvalue weighted by atomic mass is 10.2. The first kappa shape index (κ1) is 17.3. The Balaban J connectivity index is 2.00. The average molecular weight is 334 g/mol. The molecule has 1 atom stereocenters. The molecule has 0 unspecified atom stereocenters. The summed E-state index contributed by atoms with van der Waals surface area (Å²) in [5, 5.41) is 11.3. The lowest BCUT2D eigenvalue weighted by Crippen LogP contribution is -2.30. The fourth-order valence-corrected chi connectivity index (χ4v) is 1.88. The molecule has 124 valence electrons. The van der Waals surface area contributed by atoms with Gasteiger partial charge in [0.15, 0.2) is 6.10 Å². The van der Waals surface area contributed by atoms with Crippen LogP contribution in [0.15, 0.2) is 48.5 Å². The van der Waals surface area contributed by atoms with Crippen molar-refractivity contribution in [3.05, 3.63) is 59.7 Å². The van der Waals surface area contributed by atoms with Crippen LogP contribution in [0.4, 0.5) is 18.9 Å². The Hall–Kier alpha value is -3.01. The van der Waals surface area contributed by atoms with E-state index in [1.807, 2.05) is 6.07 Å². The number of alkyl halides is 3. The van der Waals surface area contributed by atoms with Gasteiger partial charge in [-0.2, -0.15) is 18.4 Å². The van der Waals surface area contributed by atoms with E-state index in [0.717, 1.165) is 12.1 Å². The third-order valence-electron chi connectivity index (χ3n) is 3.12. The summed E-state index contributed by atoms with van der Waals surface area (Å²) in [6.45, 7) is 1.50. The van der Waals surface area contributed by atoms with Gasteiger partial charge in [0.1, 0.15) is 5.75 Å². The molecule has 0 bridgehead atoms. The highest BCUT2D eigenvalue weighted by Gasteiger charge is 2.30. The molecular formula is C17H13F3N2O2. The SMILES string of the molecule is C[C@@H](Oc1cccc(C#N)c1)C(=O)Nc1ccc(C(F)(F)F)cc1. The van der Waals surface area contributed by atoms with Crippen molar-refractivity contribution in [2.24, 2.45) is 0 Å². The lowest BCUT2D eigenvalue weighted by molar-refractivity contribution is -0.137. The Labute approximate surface area is 136 Å². The van der Waals surface area contributed by atoms with Crippen molar-refractivity contribution < 1.29 is 22.7 Å². The van der Waals surface area contributed by atoms with Gasteiger partial charge in [0.2, 0.25) is 0 Å². The predicted octanol–water partition coefficient (Wildman–Crippen LogP) is 3.98. The molecule has 24 heavy (non-hydrogen) atoms. The molecule has 1 amide bonds. The molecule has 0 aromatic heterocycles. The summed E-state index contributed by atoms with van der Waals surface area (Å²) >= 11 is 0. The standard InChI is InChI=1S/C17H13F3N2O2/c1-11(24-15-4-2-3-12(9-15)10-21)16(23)22-14-7-5-13(6-8-14)17(18,19)20/h2-9,11H,1H3,(H,22,23)/t11-/m1/s1. The van der Waals surface area contributed by atoms with Crippen LogP contribution in [-0.4, -0.2) is 12.0 Å². The summed E-state index contributed by atoms with van der Waals surface area (Å²) in [6, 6.07) is 12.4. The van der Waals surface area contributed by atoms with Crippen LogP contribution in [0.2, 0.25) is 0 Å². The summed E-state index contributed by atoms with van der Waals surface area (Å²) in [4.78, 5) is 12.0. The normalized spacial score (nSPS) is 12.1. The summed E-state index contributed by atoms with van der Waals surface area (Å²) in [7, 11) is 0. The number of anilines is 1. The number of amides is 1. The number of nitriles is 1. The summed E-state index contributed by atoms with van der Waals surface area (Å²) in [5.41, 5.74) is -0.171. The first-order valence-corrected chi connectivity index (χ1v) is 6.94. The summed E-state index contributed by atoms with van der Waals surface area (Å²) < 4.78 is 42.9. The molecule has 0 fully saturated rings. The van der Waals surface area contributed by atoms with Crippen LogP contribution in [0, 0.1) is 11.3 Å². The van der Waals surface area contributed by atoms with Crippen molar-refractivity contribution in [2.45, 2.75) is 19.2 Å². The maximum atomic E-state index is 12.5. The highest BCUT2D eigenvalue weighted by atomic mass is 19.4. The molecule has 2 aromatic carbocycles. The molecule has 0 radical (unpaired) electrons. The molecule has 2 aromatic rings. The Morgan fingerprint density at radius 2 is 1.88 bits per heavy atom. The van der Waals surface area contributed by atoms with Gasteiger partial charge in [-0.15, -0.1) is 0 Å². The quantitative estimate of drug-likeness (QED) is 0.920. The number of nitrogens with one attached hydrogen (secondary N) is 1. The van der Waals surface area contributed by atoms with E-state index < -0.39 is 23.8 Å². The zero-order valence-electron chi connectivity index (χ0n) is 12.6. The highest BCUT2D eigenvalue weighted by Crippen LogP contribution is 2.29.